The number of nitrogens with one attached hydrogen (secondary N) is 1. The number of aromatic nitrogens is 2. The highest BCUT2D eigenvalue weighted by atomic mass is 15.3. The van der Waals surface area contributed by atoms with Crippen LogP contribution in [0.25, 0.3) is 0 Å². The van der Waals surface area contributed by atoms with Crippen molar-refractivity contribution in [1.82, 2.24) is 14.9 Å². The third-order valence-electron chi connectivity index (χ3n) is 2.39. The second-order valence-corrected chi connectivity index (χ2v) is 3.23. The van der Waals surface area contributed by atoms with Crippen LogP contribution in [-0.2, 0) is 6.42 Å². The number of nitriles is 1. The largest absolute Gasteiger partial charge is 0.270 e. The highest BCUT2D eigenvalue weighted by molar-refractivity contribution is 5.85. The molecule has 1 N–H and O–H groups in total. The van der Waals surface area contributed by atoms with Crippen LogP contribution in [0.4, 0.5) is 0 Å². The van der Waals surface area contributed by atoms with Crippen molar-refractivity contribution in [2.45, 2.75) is 20.3 Å². The zero-order chi connectivity index (χ0) is 10.1. The molecular weight excluding hydrogens is 178 g/mol. The molecule has 0 aliphatic carbocycles. The first kappa shape index (κ1) is 8.75. The second kappa shape index (κ2) is 3.14. The Morgan fingerprint density at radius 3 is 3.00 bits per heavy atom. The van der Waals surface area contributed by atoms with Gasteiger partial charge in [0.25, 0.3) is 0 Å². The van der Waals surface area contributed by atoms with Crippen molar-refractivity contribution in [1.29, 1.82) is 5.26 Å². The molecule has 0 atom stereocenters. The van der Waals surface area contributed by atoms with Crippen LogP contribution >= 0.6 is 0 Å². The molecule has 1 aromatic rings. The van der Waals surface area contributed by atoms with Gasteiger partial charge in [-0.2, -0.15) is 5.26 Å². The molecule has 0 bridgehead atoms. The molecule has 0 saturated heterocycles. The highest BCUT2D eigenvalue weighted by Gasteiger charge is 2.18. The lowest BCUT2D eigenvalue weighted by molar-refractivity contribution is 0.783. The molecule has 14 heavy (non-hydrogen) atoms. The van der Waals surface area contributed by atoms with Crippen molar-refractivity contribution >= 4 is 5.96 Å². The van der Waals surface area contributed by atoms with E-state index in [1.807, 2.05) is 24.6 Å². The molecule has 0 fully saturated rings. The fourth-order valence-corrected chi connectivity index (χ4v) is 1.61. The number of fused-ring (bicyclic) bond motifs is 1. The van der Waals surface area contributed by atoms with Gasteiger partial charge in [0.15, 0.2) is 6.19 Å². The molecule has 0 aromatic carbocycles. The summed E-state index contributed by atoms with van der Waals surface area (Å²) in [7, 11) is 0. The van der Waals surface area contributed by atoms with E-state index in [0.717, 1.165) is 23.6 Å². The van der Waals surface area contributed by atoms with Crippen molar-refractivity contribution < 1.29 is 0 Å². The van der Waals surface area contributed by atoms with E-state index in [9.17, 15) is 0 Å². The fraction of sp³-hybridized carbons (Fsp3) is 0.444. The Balaban J connectivity index is 2.52. The summed E-state index contributed by atoms with van der Waals surface area (Å²) >= 11 is 0. The second-order valence-electron chi connectivity index (χ2n) is 3.23. The summed E-state index contributed by atoms with van der Waals surface area (Å²) in [6.45, 7) is 4.64. The molecule has 0 saturated carbocycles. The van der Waals surface area contributed by atoms with Crippen LogP contribution in [0, 0.1) is 25.3 Å². The van der Waals surface area contributed by atoms with Gasteiger partial charge in [0, 0.05) is 18.7 Å². The van der Waals surface area contributed by atoms with E-state index >= 15 is 0 Å². The lowest BCUT2D eigenvalue weighted by Gasteiger charge is -2.14. The zero-order valence-corrected chi connectivity index (χ0v) is 8.20. The molecule has 0 spiro atoms. The molecular formula is C9H11N5. The van der Waals surface area contributed by atoms with E-state index in [1.165, 1.54) is 0 Å². The third kappa shape index (κ3) is 1.16. The number of nitrogens with zero attached hydrogens (tertiary/aromatic N) is 4. The first-order valence-corrected chi connectivity index (χ1v) is 4.49. The summed E-state index contributed by atoms with van der Waals surface area (Å²) in [5.41, 5.74) is 2.04. The molecule has 1 aromatic heterocycles. The molecule has 0 radical (unpaired) electrons. The topological polar surface area (TPSA) is 66.0 Å². The summed E-state index contributed by atoms with van der Waals surface area (Å²) in [6, 6.07) is 0. The average molecular weight is 189 g/mol. The Labute approximate surface area is 82.1 Å². The van der Waals surface area contributed by atoms with Gasteiger partial charge in [0.2, 0.25) is 5.96 Å². The van der Waals surface area contributed by atoms with Gasteiger partial charge in [0.1, 0.15) is 5.82 Å². The van der Waals surface area contributed by atoms with Gasteiger partial charge < -0.3 is 0 Å². The normalized spacial score (nSPS) is 14.2. The van der Waals surface area contributed by atoms with Crippen LogP contribution in [0.5, 0.6) is 0 Å². The van der Waals surface area contributed by atoms with Crippen molar-refractivity contribution in [2.75, 3.05) is 6.54 Å². The van der Waals surface area contributed by atoms with Crippen molar-refractivity contribution in [2.24, 2.45) is 4.99 Å². The van der Waals surface area contributed by atoms with E-state index in [1.54, 1.807) is 0 Å². The van der Waals surface area contributed by atoms with Gasteiger partial charge in [-0.05, 0) is 13.8 Å². The number of aliphatic imine (C=N–C) groups is 1. The maximum atomic E-state index is 8.57. The summed E-state index contributed by atoms with van der Waals surface area (Å²) in [6.07, 6.45) is 2.72. The Morgan fingerprint density at radius 2 is 2.29 bits per heavy atom. The van der Waals surface area contributed by atoms with Crippen LogP contribution in [0.2, 0.25) is 0 Å². The molecule has 2 heterocycles. The molecule has 1 aliphatic rings. The van der Waals surface area contributed by atoms with Gasteiger partial charge in [-0.25, -0.2) is 4.98 Å². The van der Waals surface area contributed by atoms with Crippen LogP contribution in [0.3, 0.4) is 0 Å². The molecule has 5 nitrogen and oxygen atoms in total. The molecule has 2 rings (SSSR count). The number of hydrogen-bond acceptors (Lipinski definition) is 4. The predicted molar refractivity (Wildman–Crippen MR) is 51.9 cm³/mol. The van der Waals surface area contributed by atoms with Gasteiger partial charge in [0.05, 0.1) is 5.69 Å². The molecule has 0 amide bonds. The lowest BCUT2D eigenvalue weighted by atomic mass is 10.3. The van der Waals surface area contributed by atoms with E-state index in [-0.39, 0.29) is 0 Å². The summed E-state index contributed by atoms with van der Waals surface area (Å²) in [4.78, 5) is 8.66. The first-order chi connectivity index (χ1) is 6.74. The average Bonchev–Trinajstić information content (AvgIpc) is 2.45. The van der Waals surface area contributed by atoms with E-state index in [2.05, 4.69) is 15.3 Å². The number of imidazole rings is 1. The maximum absolute atomic E-state index is 8.57. The standard InChI is InChI=1S/C9H11N5/c1-6-7(2)14-8(13-6)3-4-11-9(14)12-5-10/h3-4H2,1-2H3,(H,11,12). The van der Waals surface area contributed by atoms with E-state index in [4.69, 9.17) is 5.26 Å². The number of hydrogen-bond donors (Lipinski definition) is 1. The van der Waals surface area contributed by atoms with Crippen molar-refractivity contribution in [3.05, 3.63) is 17.2 Å². The molecule has 72 valence electrons. The minimum Gasteiger partial charge on any atom is -0.270 e. The Bertz CT molecular complexity index is 435. The summed E-state index contributed by atoms with van der Waals surface area (Å²) < 4.78 is 1.90. The Hall–Kier alpha value is -1.83. The quantitative estimate of drug-likeness (QED) is 0.472. The molecule has 0 unspecified atom stereocenters. The van der Waals surface area contributed by atoms with Gasteiger partial charge in [-0.3, -0.25) is 14.9 Å². The van der Waals surface area contributed by atoms with E-state index in [0.29, 0.717) is 12.5 Å². The van der Waals surface area contributed by atoms with Crippen molar-refractivity contribution in [3.63, 3.8) is 0 Å². The smallest absolute Gasteiger partial charge is 0.217 e. The summed E-state index contributed by atoms with van der Waals surface area (Å²) in [5, 5.41) is 11.1. The summed E-state index contributed by atoms with van der Waals surface area (Å²) in [5.74, 6) is 1.57. The SMILES string of the molecule is Cc1nc2n(c1C)C(NC#N)=NCC2. The van der Waals surface area contributed by atoms with Gasteiger partial charge in [-0.15, -0.1) is 0 Å². The minimum absolute atomic E-state index is 0.590. The monoisotopic (exact) mass is 189 g/mol. The number of rotatable bonds is 0. The molecule has 5 heteroatoms. The van der Waals surface area contributed by atoms with E-state index < -0.39 is 0 Å². The number of aryl methyl sites for hydroxylation is 1. The molecule has 1 aliphatic heterocycles. The van der Waals surface area contributed by atoms with Crippen molar-refractivity contribution in [3.8, 4) is 6.19 Å². The minimum atomic E-state index is 0.590. The Morgan fingerprint density at radius 1 is 1.50 bits per heavy atom. The van der Waals surface area contributed by atoms with Crippen LogP contribution < -0.4 is 5.32 Å². The highest BCUT2D eigenvalue weighted by Crippen LogP contribution is 2.13. The zero-order valence-electron chi connectivity index (χ0n) is 8.20. The Kier molecular flexibility index (Phi) is 1.97. The van der Waals surface area contributed by atoms with Crippen LogP contribution in [0.15, 0.2) is 4.99 Å². The fourth-order valence-electron chi connectivity index (χ4n) is 1.61. The van der Waals surface area contributed by atoms with Gasteiger partial charge in [-0.1, -0.05) is 0 Å². The van der Waals surface area contributed by atoms with Crippen LogP contribution in [0.1, 0.15) is 17.2 Å². The lowest BCUT2D eigenvalue weighted by Crippen LogP contribution is -2.32. The van der Waals surface area contributed by atoms with Crippen LogP contribution in [-0.4, -0.2) is 22.1 Å². The third-order valence-corrected chi connectivity index (χ3v) is 2.39. The van der Waals surface area contributed by atoms with Gasteiger partial charge >= 0.3 is 0 Å². The predicted octanol–water partition coefficient (Wildman–Crippen LogP) is 0.331. The first-order valence-electron chi connectivity index (χ1n) is 4.49. The maximum Gasteiger partial charge on any atom is 0.217 e.